The lowest BCUT2D eigenvalue weighted by molar-refractivity contribution is 0.543. The highest BCUT2D eigenvalue weighted by molar-refractivity contribution is 6.18. The number of hydrogen-bond donors (Lipinski definition) is 0. The molecule has 0 atom stereocenters. The minimum Gasteiger partial charge on any atom is -0.122 e. The third-order valence-electron chi connectivity index (χ3n) is 0.707. The van der Waals surface area contributed by atoms with E-state index in [0.717, 1.165) is 0 Å². The molecule has 0 aliphatic heterocycles. The van der Waals surface area contributed by atoms with E-state index in [2.05, 4.69) is 26.8 Å². The second-order valence-electron chi connectivity index (χ2n) is 2.92. The van der Waals surface area contributed by atoms with Gasteiger partial charge in [0.25, 0.3) is 0 Å². The van der Waals surface area contributed by atoms with E-state index in [0.29, 0.717) is 5.88 Å². The molecule has 0 unspecified atom stereocenters. The Morgan fingerprint density at radius 3 is 2.00 bits per heavy atom. The van der Waals surface area contributed by atoms with Crippen LogP contribution in [0.5, 0.6) is 0 Å². The molecule has 48 valence electrons. The molecule has 0 nitrogen and oxygen atoms in total. The van der Waals surface area contributed by atoms with Crippen LogP contribution in [0.25, 0.3) is 0 Å². The molecule has 0 aliphatic carbocycles. The first-order valence-electron chi connectivity index (χ1n) is 2.80. The Labute approximate surface area is 56.5 Å². The molecule has 0 aromatic heterocycles. The molecule has 0 radical (unpaired) electrons. The molecule has 0 aromatic carbocycles. The third-order valence-corrected chi connectivity index (χ3v) is 0.885. The molecule has 0 fully saturated rings. The van der Waals surface area contributed by atoms with Crippen molar-refractivity contribution in [2.75, 3.05) is 5.88 Å². The van der Waals surface area contributed by atoms with Crippen LogP contribution in [0, 0.1) is 5.41 Å². The molecule has 0 aromatic rings. The van der Waals surface area contributed by atoms with Crippen molar-refractivity contribution in [1.82, 2.24) is 0 Å². The highest BCUT2D eigenvalue weighted by Crippen LogP contribution is 2.13. The fourth-order valence-corrected chi connectivity index (χ4v) is 0.487. The molecule has 1 heteroatoms. The second-order valence-corrected chi connectivity index (χ2v) is 3.23. The van der Waals surface area contributed by atoms with Gasteiger partial charge < -0.3 is 0 Å². The molecule has 0 saturated heterocycles. The number of hydrogen-bond acceptors (Lipinski definition) is 0. The molecule has 8 heavy (non-hydrogen) atoms. The smallest absolute Gasteiger partial charge is 0.0404 e. The van der Waals surface area contributed by atoms with Crippen LogP contribution in [-0.2, 0) is 0 Å². The number of rotatable bonds is 1. The van der Waals surface area contributed by atoms with Crippen LogP contribution in [0.15, 0.2) is 12.2 Å². The van der Waals surface area contributed by atoms with Crippen molar-refractivity contribution in [3.8, 4) is 0 Å². The first-order valence-corrected chi connectivity index (χ1v) is 3.33. The van der Waals surface area contributed by atoms with E-state index in [1.165, 1.54) is 0 Å². The Bertz CT molecular complexity index is 76.9. The van der Waals surface area contributed by atoms with Crippen molar-refractivity contribution in [3.63, 3.8) is 0 Å². The van der Waals surface area contributed by atoms with Crippen LogP contribution in [0.3, 0.4) is 0 Å². The molecule has 0 heterocycles. The summed E-state index contributed by atoms with van der Waals surface area (Å²) < 4.78 is 0. The molecular formula is C7H13Cl. The molecule has 0 N–H and O–H groups in total. The summed E-state index contributed by atoms with van der Waals surface area (Å²) in [6.45, 7) is 6.45. The molecule has 0 aliphatic rings. The van der Waals surface area contributed by atoms with Crippen LogP contribution < -0.4 is 0 Å². The molecule has 0 spiro atoms. The summed E-state index contributed by atoms with van der Waals surface area (Å²) in [5.41, 5.74) is 0.287. The van der Waals surface area contributed by atoms with Gasteiger partial charge in [0.2, 0.25) is 0 Å². The first-order chi connectivity index (χ1) is 3.56. The molecule has 0 rings (SSSR count). The fourth-order valence-electron chi connectivity index (χ4n) is 0.398. The zero-order valence-electron chi connectivity index (χ0n) is 5.74. The Hall–Kier alpha value is 0.0300. The van der Waals surface area contributed by atoms with Gasteiger partial charge in [-0.3, -0.25) is 0 Å². The molecular weight excluding hydrogens is 120 g/mol. The zero-order valence-corrected chi connectivity index (χ0v) is 6.50. The monoisotopic (exact) mass is 132 g/mol. The SMILES string of the molecule is CC(C)(C)/C=C/CCl. The Kier molecular flexibility index (Phi) is 3.15. The minimum atomic E-state index is 0.287. The number of halogens is 1. The van der Waals surface area contributed by atoms with Crippen LogP contribution in [0.4, 0.5) is 0 Å². The van der Waals surface area contributed by atoms with Crippen molar-refractivity contribution in [3.05, 3.63) is 12.2 Å². The lowest BCUT2D eigenvalue weighted by Crippen LogP contribution is -1.98. The Balaban J connectivity index is 3.52. The minimum absolute atomic E-state index is 0.287. The van der Waals surface area contributed by atoms with E-state index in [1.807, 2.05) is 6.08 Å². The molecule has 0 bridgehead atoms. The van der Waals surface area contributed by atoms with E-state index in [-0.39, 0.29) is 5.41 Å². The van der Waals surface area contributed by atoms with E-state index in [9.17, 15) is 0 Å². The van der Waals surface area contributed by atoms with Crippen LogP contribution in [0.2, 0.25) is 0 Å². The van der Waals surface area contributed by atoms with Crippen molar-refractivity contribution in [1.29, 1.82) is 0 Å². The van der Waals surface area contributed by atoms with Gasteiger partial charge >= 0.3 is 0 Å². The maximum Gasteiger partial charge on any atom is 0.0404 e. The Morgan fingerprint density at radius 2 is 1.88 bits per heavy atom. The first kappa shape index (κ1) is 8.03. The van der Waals surface area contributed by atoms with Crippen LogP contribution in [-0.4, -0.2) is 5.88 Å². The van der Waals surface area contributed by atoms with E-state index in [4.69, 9.17) is 11.6 Å². The summed E-state index contributed by atoms with van der Waals surface area (Å²) in [4.78, 5) is 0. The van der Waals surface area contributed by atoms with Gasteiger partial charge in [-0.25, -0.2) is 0 Å². The standard InChI is InChI=1S/C7H13Cl/c1-7(2,3)5-4-6-8/h4-5H,6H2,1-3H3/b5-4+. The van der Waals surface area contributed by atoms with Gasteiger partial charge in [-0.1, -0.05) is 32.9 Å². The van der Waals surface area contributed by atoms with Gasteiger partial charge in [0.15, 0.2) is 0 Å². The van der Waals surface area contributed by atoms with E-state index in [1.54, 1.807) is 0 Å². The fraction of sp³-hybridized carbons (Fsp3) is 0.714. The maximum absolute atomic E-state index is 5.42. The summed E-state index contributed by atoms with van der Waals surface area (Å²) >= 11 is 5.42. The number of alkyl halides is 1. The van der Waals surface area contributed by atoms with Crippen LogP contribution in [0.1, 0.15) is 20.8 Å². The van der Waals surface area contributed by atoms with Crippen LogP contribution >= 0.6 is 11.6 Å². The average Bonchev–Trinajstić information content (AvgIpc) is 1.59. The quantitative estimate of drug-likeness (QED) is 0.380. The van der Waals surface area contributed by atoms with Gasteiger partial charge in [-0.05, 0) is 5.41 Å². The number of allylic oxidation sites excluding steroid dienone is 2. The van der Waals surface area contributed by atoms with Crippen molar-refractivity contribution in [2.24, 2.45) is 5.41 Å². The normalized spacial score (nSPS) is 13.0. The summed E-state index contributed by atoms with van der Waals surface area (Å²) in [7, 11) is 0. The summed E-state index contributed by atoms with van der Waals surface area (Å²) in [6, 6.07) is 0. The van der Waals surface area contributed by atoms with Crippen molar-refractivity contribution >= 4 is 11.6 Å². The van der Waals surface area contributed by atoms with E-state index >= 15 is 0 Å². The lowest BCUT2D eigenvalue weighted by atomic mass is 9.97. The predicted octanol–water partition coefficient (Wildman–Crippen LogP) is 2.83. The largest absolute Gasteiger partial charge is 0.122 e. The summed E-state index contributed by atoms with van der Waals surface area (Å²) in [5, 5.41) is 0. The summed E-state index contributed by atoms with van der Waals surface area (Å²) in [5.74, 6) is 0.622. The molecule has 0 amide bonds. The van der Waals surface area contributed by atoms with Crippen molar-refractivity contribution < 1.29 is 0 Å². The average molecular weight is 133 g/mol. The van der Waals surface area contributed by atoms with Gasteiger partial charge in [-0.2, -0.15) is 0 Å². The lowest BCUT2D eigenvalue weighted by Gasteiger charge is -2.09. The van der Waals surface area contributed by atoms with Gasteiger partial charge in [0, 0.05) is 5.88 Å². The Morgan fingerprint density at radius 1 is 1.38 bits per heavy atom. The second kappa shape index (κ2) is 3.13. The van der Waals surface area contributed by atoms with Crippen molar-refractivity contribution in [2.45, 2.75) is 20.8 Å². The van der Waals surface area contributed by atoms with Gasteiger partial charge in [-0.15, -0.1) is 11.6 Å². The highest BCUT2D eigenvalue weighted by Gasteiger charge is 2.01. The molecule has 0 saturated carbocycles. The maximum atomic E-state index is 5.42. The van der Waals surface area contributed by atoms with Gasteiger partial charge in [0.05, 0.1) is 0 Å². The van der Waals surface area contributed by atoms with E-state index < -0.39 is 0 Å². The highest BCUT2D eigenvalue weighted by atomic mass is 35.5. The van der Waals surface area contributed by atoms with Gasteiger partial charge in [0.1, 0.15) is 0 Å². The third kappa shape index (κ3) is 6.03. The zero-order chi connectivity index (χ0) is 6.62. The topological polar surface area (TPSA) is 0 Å². The predicted molar refractivity (Wildman–Crippen MR) is 39.3 cm³/mol. The summed E-state index contributed by atoms with van der Waals surface area (Å²) in [6.07, 6.45) is 4.08.